The molecule has 0 heterocycles. The lowest BCUT2D eigenvalue weighted by molar-refractivity contribution is -0.481. The fraction of sp³-hybridized carbons (Fsp3) is 0.818. The summed E-state index contributed by atoms with van der Waals surface area (Å²) in [7, 11) is -7.22. The molecule has 0 N–H and O–H groups in total. The van der Waals surface area contributed by atoms with E-state index < -0.39 is 57.0 Å². The van der Waals surface area contributed by atoms with Crippen LogP contribution in [0.5, 0.6) is 0 Å². The van der Waals surface area contributed by atoms with Crippen LogP contribution in [0.15, 0.2) is 12.2 Å². The molecule has 0 aromatic rings. The van der Waals surface area contributed by atoms with Crippen LogP contribution < -0.4 is 0 Å². The van der Waals surface area contributed by atoms with Crippen molar-refractivity contribution in [2.75, 3.05) is 0 Å². The van der Waals surface area contributed by atoms with Crippen molar-refractivity contribution in [2.24, 2.45) is 23.7 Å². The molecule has 3 rings (SSSR count). The Morgan fingerprint density at radius 1 is 1.00 bits per heavy atom. The summed E-state index contributed by atoms with van der Waals surface area (Å²) in [5, 5.41) is -6.51. The number of fused-ring (bicyclic) bond motifs is 5. The lowest BCUT2D eigenvalue weighted by Crippen LogP contribution is -2.73. The Morgan fingerprint density at radius 3 is 1.96 bits per heavy atom. The van der Waals surface area contributed by atoms with Crippen LogP contribution in [-0.4, -0.2) is 31.6 Å². The lowest BCUT2D eigenvalue weighted by Gasteiger charge is -2.56. The Kier molecular flexibility index (Phi) is 3.08. The summed E-state index contributed by atoms with van der Waals surface area (Å²) in [5.74, 6) is -14.3. The summed E-state index contributed by atoms with van der Waals surface area (Å²) in [6.45, 7) is 0. The Morgan fingerprint density at radius 2 is 1.48 bits per heavy atom. The summed E-state index contributed by atoms with van der Waals surface area (Å²) < 4.78 is 130. The molecular formula is C11H8F8O3S. The molecule has 0 amide bonds. The molecule has 0 aromatic heterocycles. The predicted molar refractivity (Wildman–Crippen MR) is 57.5 cm³/mol. The maximum Gasteiger partial charge on any atom is 0.464 e. The van der Waals surface area contributed by atoms with Crippen molar-refractivity contribution in [3.63, 3.8) is 0 Å². The van der Waals surface area contributed by atoms with E-state index in [0.29, 0.717) is 0 Å². The van der Waals surface area contributed by atoms with Gasteiger partial charge in [0.05, 0.1) is 0 Å². The fourth-order valence-corrected chi connectivity index (χ4v) is 4.03. The summed E-state index contributed by atoms with van der Waals surface area (Å²) in [4.78, 5) is 0. The first-order chi connectivity index (χ1) is 10.2. The topological polar surface area (TPSA) is 43.4 Å². The Hall–Kier alpha value is -0.910. The Bertz CT molecular complexity index is 675. The van der Waals surface area contributed by atoms with Crippen LogP contribution in [0, 0.1) is 23.7 Å². The third kappa shape index (κ3) is 1.81. The molecule has 3 nitrogen and oxygen atoms in total. The van der Waals surface area contributed by atoms with Crippen molar-refractivity contribution >= 4 is 10.2 Å². The number of hydrogen-bond acceptors (Lipinski definition) is 3. The van der Waals surface area contributed by atoms with Crippen LogP contribution in [0.25, 0.3) is 0 Å². The maximum atomic E-state index is 14.4. The Labute approximate surface area is 124 Å². The normalized spacial score (nSPS) is 41.7. The van der Waals surface area contributed by atoms with E-state index in [9.17, 15) is 43.0 Å². The number of rotatable bonds is 4. The van der Waals surface area contributed by atoms with Gasteiger partial charge in [0.2, 0.25) is 0 Å². The van der Waals surface area contributed by atoms with E-state index in [0.717, 1.165) is 0 Å². The van der Waals surface area contributed by atoms with Gasteiger partial charge in [0, 0.05) is 11.8 Å². The zero-order valence-corrected chi connectivity index (χ0v) is 11.6. The van der Waals surface area contributed by atoms with Gasteiger partial charge in [-0.25, -0.2) is 4.39 Å². The van der Waals surface area contributed by atoms with Crippen molar-refractivity contribution in [3.8, 4) is 0 Å². The second-order valence-electron chi connectivity index (χ2n) is 5.84. The van der Waals surface area contributed by atoms with Gasteiger partial charge in [-0.2, -0.15) is 34.8 Å². The van der Waals surface area contributed by atoms with E-state index in [2.05, 4.69) is 4.74 Å². The average Bonchev–Trinajstić information content (AvgIpc) is 2.95. The monoisotopic (exact) mass is 372 g/mol. The molecule has 12 heteroatoms. The van der Waals surface area contributed by atoms with Crippen LogP contribution in [0.2, 0.25) is 0 Å². The highest BCUT2D eigenvalue weighted by molar-refractivity contribution is 7.87. The van der Waals surface area contributed by atoms with Crippen LogP contribution in [-0.2, 0) is 15.0 Å². The van der Waals surface area contributed by atoms with Gasteiger partial charge in [-0.3, -0.25) is 4.74 Å². The molecular weight excluding hydrogens is 364 g/mol. The van der Waals surface area contributed by atoms with E-state index in [1.54, 1.807) is 0 Å². The number of hydrogen-bond donors (Lipinski definition) is 0. The number of allylic oxidation sites excluding steroid dienone is 2. The first-order valence-electron chi connectivity index (χ1n) is 6.32. The number of ether oxygens (including phenoxy) is 1. The van der Waals surface area contributed by atoms with Gasteiger partial charge in [0.1, 0.15) is 0 Å². The van der Waals surface area contributed by atoms with Crippen molar-refractivity contribution in [3.05, 3.63) is 12.2 Å². The van der Waals surface area contributed by atoms with Crippen molar-refractivity contribution in [1.82, 2.24) is 0 Å². The molecule has 2 bridgehead atoms. The molecule has 2 fully saturated rings. The van der Waals surface area contributed by atoms with E-state index in [4.69, 9.17) is 0 Å². The minimum absolute atomic E-state index is 0.0172. The van der Waals surface area contributed by atoms with Gasteiger partial charge in [0.15, 0.2) is 0 Å². The van der Waals surface area contributed by atoms with Crippen molar-refractivity contribution in [2.45, 2.75) is 29.6 Å². The van der Waals surface area contributed by atoms with E-state index in [1.807, 2.05) is 0 Å². The molecule has 0 saturated heterocycles. The average molecular weight is 372 g/mol. The zero-order valence-electron chi connectivity index (χ0n) is 10.8. The van der Waals surface area contributed by atoms with Gasteiger partial charge < -0.3 is 0 Å². The van der Waals surface area contributed by atoms with Gasteiger partial charge in [0.25, 0.3) is 5.85 Å². The first-order valence-corrected chi connectivity index (χ1v) is 7.70. The smallest absolute Gasteiger partial charge is 0.271 e. The Balaban J connectivity index is 1.95. The molecule has 23 heavy (non-hydrogen) atoms. The molecule has 0 aliphatic heterocycles. The highest BCUT2D eigenvalue weighted by Crippen LogP contribution is 2.72. The zero-order chi connectivity index (χ0) is 17.6. The SMILES string of the molecule is O=S(=O)(F)C(F)(F)C(F)(F)OC1(F)C2C3C=CC(C3)C2C1(F)F. The second kappa shape index (κ2) is 4.19. The third-order valence-corrected chi connectivity index (χ3v) is 5.53. The standard InChI is InChI=1S/C11H8F8O3S/c12-8(13)6-4-1-2-5(3-4)7(6)9(8,14)22-10(15,16)11(17,18)23(19,20)21/h1-2,4-7H,3H2. The van der Waals surface area contributed by atoms with Crippen LogP contribution in [0.1, 0.15) is 6.42 Å². The molecule has 0 spiro atoms. The fourth-order valence-electron chi connectivity index (χ4n) is 3.70. The summed E-state index contributed by atoms with van der Waals surface area (Å²) in [6.07, 6.45) is -3.67. The molecule has 3 aliphatic carbocycles. The van der Waals surface area contributed by atoms with Crippen LogP contribution in [0.4, 0.5) is 34.6 Å². The van der Waals surface area contributed by atoms with Crippen molar-refractivity contribution < 1.29 is 47.8 Å². The summed E-state index contributed by atoms with van der Waals surface area (Å²) >= 11 is 0. The van der Waals surface area contributed by atoms with Crippen molar-refractivity contribution in [1.29, 1.82) is 0 Å². The minimum atomic E-state index is -7.22. The minimum Gasteiger partial charge on any atom is -0.271 e. The largest absolute Gasteiger partial charge is 0.464 e. The quantitative estimate of drug-likeness (QED) is 0.432. The highest BCUT2D eigenvalue weighted by atomic mass is 32.3. The van der Waals surface area contributed by atoms with Crippen LogP contribution in [0.3, 0.4) is 0 Å². The number of alkyl halides is 7. The second-order valence-corrected chi connectivity index (χ2v) is 7.23. The molecule has 0 radical (unpaired) electrons. The van der Waals surface area contributed by atoms with E-state index >= 15 is 0 Å². The van der Waals surface area contributed by atoms with E-state index in [-0.39, 0.29) is 6.42 Å². The first kappa shape index (κ1) is 16.9. The van der Waals surface area contributed by atoms with Gasteiger partial charge in [-0.05, 0) is 18.3 Å². The lowest BCUT2D eigenvalue weighted by atomic mass is 9.60. The molecule has 2 saturated carbocycles. The molecule has 3 aliphatic rings. The van der Waals surface area contributed by atoms with E-state index in [1.165, 1.54) is 12.2 Å². The van der Waals surface area contributed by atoms with Gasteiger partial charge >= 0.3 is 27.5 Å². The molecule has 5 unspecified atom stereocenters. The predicted octanol–water partition coefficient (Wildman–Crippen LogP) is 3.24. The summed E-state index contributed by atoms with van der Waals surface area (Å²) in [6, 6.07) is 0. The third-order valence-electron chi connectivity index (χ3n) is 4.68. The van der Waals surface area contributed by atoms with Crippen LogP contribution >= 0.6 is 0 Å². The number of halogens is 8. The highest BCUT2D eigenvalue weighted by Gasteiger charge is 2.86. The van der Waals surface area contributed by atoms with Gasteiger partial charge in [-0.1, -0.05) is 16.0 Å². The molecule has 5 atom stereocenters. The maximum absolute atomic E-state index is 14.4. The van der Waals surface area contributed by atoms with Gasteiger partial charge in [-0.15, -0.1) is 0 Å². The molecule has 0 aromatic carbocycles. The molecule has 132 valence electrons. The summed E-state index contributed by atoms with van der Waals surface area (Å²) in [5.41, 5.74) is 0.